The monoisotopic (exact) mass is 367 g/mol. The summed E-state index contributed by atoms with van der Waals surface area (Å²) in [5.74, 6) is -0.114. The summed E-state index contributed by atoms with van der Waals surface area (Å²) < 4.78 is 0. The highest BCUT2D eigenvalue weighted by Crippen LogP contribution is 2.22. The first-order chi connectivity index (χ1) is 11.0. The molecular formula is C18H26ClN3OS. The van der Waals surface area contributed by atoms with Crippen molar-refractivity contribution in [2.45, 2.75) is 39.7 Å². The maximum absolute atomic E-state index is 12.1. The second-order valence-electron chi connectivity index (χ2n) is 6.52. The molecule has 0 saturated carbocycles. The van der Waals surface area contributed by atoms with E-state index >= 15 is 0 Å². The van der Waals surface area contributed by atoms with Crippen LogP contribution in [0, 0.1) is 5.41 Å². The number of nitrogens with one attached hydrogen (secondary N) is 1. The third-order valence-electron chi connectivity index (χ3n) is 3.85. The standard InChI is InChI=1S/C18H25N3OS.ClH/c1-18(2,10-6-9-14-7-4-3-5-8-14)13-20-17(22)15-12-23-16(11-19)21-15;/h3-5,7-8,12H,6,9-11,13,19H2,1-2H3,(H,20,22);1H. The van der Waals surface area contributed by atoms with Crippen molar-refractivity contribution in [2.24, 2.45) is 11.1 Å². The van der Waals surface area contributed by atoms with Gasteiger partial charge >= 0.3 is 0 Å². The molecule has 0 radical (unpaired) electrons. The maximum atomic E-state index is 12.1. The van der Waals surface area contributed by atoms with Crippen molar-refractivity contribution >= 4 is 29.7 Å². The summed E-state index contributed by atoms with van der Waals surface area (Å²) >= 11 is 1.43. The molecule has 24 heavy (non-hydrogen) atoms. The van der Waals surface area contributed by atoms with Gasteiger partial charge in [-0.15, -0.1) is 23.7 Å². The minimum absolute atomic E-state index is 0. The molecule has 0 aliphatic rings. The lowest BCUT2D eigenvalue weighted by molar-refractivity contribution is 0.0929. The van der Waals surface area contributed by atoms with Crippen LogP contribution in [0.3, 0.4) is 0 Å². The SMILES string of the molecule is CC(C)(CCCc1ccccc1)CNC(=O)c1csc(CN)n1.Cl. The van der Waals surface area contributed by atoms with E-state index in [0.29, 0.717) is 18.8 Å². The second-order valence-corrected chi connectivity index (χ2v) is 7.46. The van der Waals surface area contributed by atoms with Crippen LogP contribution < -0.4 is 11.1 Å². The first kappa shape index (κ1) is 20.6. The van der Waals surface area contributed by atoms with Gasteiger partial charge in [0.15, 0.2) is 0 Å². The molecule has 0 fully saturated rings. The fourth-order valence-corrected chi connectivity index (χ4v) is 3.08. The topological polar surface area (TPSA) is 68.0 Å². The van der Waals surface area contributed by atoms with Crippen LogP contribution in [0.4, 0.5) is 0 Å². The molecule has 0 aliphatic heterocycles. The Balaban J connectivity index is 0.00000288. The molecule has 0 bridgehead atoms. The van der Waals surface area contributed by atoms with Crippen LogP contribution in [-0.2, 0) is 13.0 Å². The number of amides is 1. The normalized spacial score (nSPS) is 11.0. The first-order valence-corrected chi connectivity index (χ1v) is 8.85. The van der Waals surface area contributed by atoms with E-state index < -0.39 is 0 Å². The third kappa shape index (κ3) is 6.59. The van der Waals surface area contributed by atoms with Gasteiger partial charge in [0.1, 0.15) is 10.7 Å². The minimum atomic E-state index is -0.114. The number of nitrogens with two attached hydrogens (primary N) is 1. The highest BCUT2D eigenvalue weighted by molar-refractivity contribution is 7.09. The van der Waals surface area contributed by atoms with Gasteiger partial charge in [-0.3, -0.25) is 4.79 Å². The number of thiazole rings is 1. The molecule has 0 spiro atoms. The van der Waals surface area contributed by atoms with E-state index in [4.69, 9.17) is 5.73 Å². The number of carbonyl (C=O) groups is 1. The fourth-order valence-electron chi connectivity index (χ4n) is 2.42. The Hall–Kier alpha value is -1.43. The number of halogens is 1. The molecule has 6 heteroatoms. The van der Waals surface area contributed by atoms with Crippen molar-refractivity contribution in [2.75, 3.05) is 6.54 Å². The number of aromatic nitrogens is 1. The Kier molecular flexibility index (Phi) is 8.39. The number of carbonyl (C=O) groups excluding carboxylic acids is 1. The van der Waals surface area contributed by atoms with E-state index in [2.05, 4.69) is 48.4 Å². The molecule has 0 atom stereocenters. The van der Waals surface area contributed by atoms with Gasteiger partial charge in [-0.05, 0) is 30.2 Å². The summed E-state index contributed by atoms with van der Waals surface area (Å²) in [5.41, 5.74) is 7.43. The molecule has 1 aromatic carbocycles. The van der Waals surface area contributed by atoms with Crippen LogP contribution in [0.1, 0.15) is 47.7 Å². The lowest BCUT2D eigenvalue weighted by Crippen LogP contribution is -2.34. The van der Waals surface area contributed by atoms with Crippen molar-refractivity contribution in [3.63, 3.8) is 0 Å². The number of rotatable bonds is 8. The maximum Gasteiger partial charge on any atom is 0.270 e. The van der Waals surface area contributed by atoms with Crippen molar-refractivity contribution < 1.29 is 4.79 Å². The molecule has 2 aromatic rings. The molecule has 0 unspecified atom stereocenters. The first-order valence-electron chi connectivity index (χ1n) is 7.97. The van der Waals surface area contributed by atoms with Crippen LogP contribution in [0.5, 0.6) is 0 Å². The van der Waals surface area contributed by atoms with Gasteiger partial charge in [-0.25, -0.2) is 4.98 Å². The Morgan fingerprint density at radius 2 is 2.00 bits per heavy atom. The quantitative estimate of drug-likeness (QED) is 0.745. The molecule has 1 amide bonds. The lowest BCUT2D eigenvalue weighted by atomic mass is 9.86. The molecular weight excluding hydrogens is 342 g/mol. The van der Waals surface area contributed by atoms with Gasteiger partial charge in [-0.2, -0.15) is 0 Å². The van der Waals surface area contributed by atoms with E-state index in [1.165, 1.54) is 16.9 Å². The van der Waals surface area contributed by atoms with Gasteiger partial charge in [0.25, 0.3) is 5.91 Å². The smallest absolute Gasteiger partial charge is 0.270 e. The highest BCUT2D eigenvalue weighted by atomic mass is 35.5. The molecule has 1 heterocycles. The predicted octanol–water partition coefficient (Wildman–Crippen LogP) is 3.80. The van der Waals surface area contributed by atoms with Gasteiger partial charge in [0, 0.05) is 18.5 Å². The van der Waals surface area contributed by atoms with E-state index in [1.54, 1.807) is 5.38 Å². The van der Waals surface area contributed by atoms with Crippen LogP contribution in [-0.4, -0.2) is 17.4 Å². The fraction of sp³-hybridized carbons (Fsp3) is 0.444. The number of hydrogen-bond acceptors (Lipinski definition) is 4. The van der Waals surface area contributed by atoms with Crippen molar-refractivity contribution in [1.82, 2.24) is 10.3 Å². The van der Waals surface area contributed by atoms with E-state index in [-0.39, 0.29) is 23.7 Å². The van der Waals surface area contributed by atoms with Gasteiger partial charge < -0.3 is 11.1 Å². The Morgan fingerprint density at radius 3 is 2.62 bits per heavy atom. The predicted molar refractivity (Wildman–Crippen MR) is 103 cm³/mol. The van der Waals surface area contributed by atoms with E-state index in [0.717, 1.165) is 24.3 Å². The van der Waals surface area contributed by atoms with Gasteiger partial charge in [0.05, 0.1) is 0 Å². The summed E-state index contributed by atoms with van der Waals surface area (Å²) in [4.78, 5) is 16.3. The Morgan fingerprint density at radius 1 is 1.29 bits per heavy atom. The number of aryl methyl sites for hydroxylation is 1. The summed E-state index contributed by atoms with van der Waals surface area (Å²) in [6.45, 7) is 5.40. The summed E-state index contributed by atoms with van der Waals surface area (Å²) in [7, 11) is 0. The van der Waals surface area contributed by atoms with Crippen LogP contribution in [0.15, 0.2) is 35.7 Å². The lowest BCUT2D eigenvalue weighted by Gasteiger charge is -2.24. The zero-order valence-corrected chi connectivity index (χ0v) is 15.9. The van der Waals surface area contributed by atoms with Crippen molar-refractivity contribution in [3.05, 3.63) is 52.0 Å². The van der Waals surface area contributed by atoms with Gasteiger partial charge in [0.2, 0.25) is 0 Å². The highest BCUT2D eigenvalue weighted by Gasteiger charge is 2.19. The summed E-state index contributed by atoms with van der Waals surface area (Å²) in [6, 6.07) is 10.5. The Labute approximate surface area is 154 Å². The zero-order chi connectivity index (χ0) is 16.7. The molecule has 0 saturated heterocycles. The van der Waals surface area contributed by atoms with Crippen LogP contribution in [0.25, 0.3) is 0 Å². The molecule has 132 valence electrons. The van der Waals surface area contributed by atoms with Crippen LogP contribution in [0.2, 0.25) is 0 Å². The average Bonchev–Trinajstić information content (AvgIpc) is 3.03. The van der Waals surface area contributed by atoms with Crippen LogP contribution >= 0.6 is 23.7 Å². The number of hydrogen-bond donors (Lipinski definition) is 2. The van der Waals surface area contributed by atoms with E-state index in [1.807, 2.05) is 6.07 Å². The van der Waals surface area contributed by atoms with Crippen molar-refractivity contribution in [1.29, 1.82) is 0 Å². The number of benzene rings is 1. The average molecular weight is 368 g/mol. The third-order valence-corrected chi connectivity index (χ3v) is 4.72. The van der Waals surface area contributed by atoms with Crippen molar-refractivity contribution in [3.8, 4) is 0 Å². The summed E-state index contributed by atoms with van der Waals surface area (Å²) in [6.07, 6.45) is 3.25. The molecule has 0 aliphatic carbocycles. The zero-order valence-electron chi connectivity index (χ0n) is 14.2. The van der Waals surface area contributed by atoms with E-state index in [9.17, 15) is 4.79 Å². The second kappa shape index (κ2) is 9.77. The molecule has 3 N–H and O–H groups in total. The Bertz CT molecular complexity index is 628. The minimum Gasteiger partial charge on any atom is -0.350 e. The number of nitrogens with zero attached hydrogens (tertiary/aromatic N) is 1. The van der Waals surface area contributed by atoms with Gasteiger partial charge in [-0.1, -0.05) is 44.2 Å². The summed E-state index contributed by atoms with van der Waals surface area (Å²) in [5, 5.41) is 5.54. The molecule has 4 nitrogen and oxygen atoms in total. The largest absolute Gasteiger partial charge is 0.350 e. The molecule has 1 aromatic heterocycles. The molecule has 2 rings (SSSR count).